The number of benzene rings is 2. The maximum atomic E-state index is 12.2. The Morgan fingerprint density at radius 1 is 0.875 bits per heavy atom. The largest absolute Gasteiger partial charge is 0.352 e. The maximum Gasteiger partial charge on any atom is 0.251 e. The average molecular weight is 323 g/mol. The zero-order valence-electron chi connectivity index (χ0n) is 15.3. The van der Waals surface area contributed by atoms with Gasteiger partial charge in [0.1, 0.15) is 0 Å². The van der Waals surface area contributed by atoms with Gasteiger partial charge in [0.25, 0.3) is 5.91 Å². The number of amides is 1. The zero-order valence-corrected chi connectivity index (χ0v) is 15.3. The summed E-state index contributed by atoms with van der Waals surface area (Å²) in [6, 6.07) is 16.6. The van der Waals surface area contributed by atoms with Crippen LogP contribution >= 0.6 is 0 Å². The number of hydrogen-bond acceptors (Lipinski definition) is 1. The van der Waals surface area contributed by atoms with Crippen LogP contribution < -0.4 is 5.32 Å². The summed E-state index contributed by atoms with van der Waals surface area (Å²) in [4.78, 5) is 12.2. The van der Waals surface area contributed by atoms with Gasteiger partial charge in [-0.15, -0.1) is 0 Å². The fourth-order valence-electron chi connectivity index (χ4n) is 2.76. The Morgan fingerprint density at radius 3 is 2.00 bits per heavy atom. The summed E-state index contributed by atoms with van der Waals surface area (Å²) in [5.41, 5.74) is 4.63. The van der Waals surface area contributed by atoms with E-state index in [2.05, 4.69) is 69.4 Å². The zero-order chi connectivity index (χ0) is 17.5. The Morgan fingerprint density at radius 2 is 1.46 bits per heavy atom. The van der Waals surface area contributed by atoms with Gasteiger partial charge in [0.15, 0.2) is 0 Å². The molecule has 128 valence electrons. The fourth-order valence-corrected chi connectivity index (χ4v) is 2.76. The number of carbonyl (C=O) groups is 1. The molecule has 0 unspecified atom stereocenters. The van der Waals surface area contributed by atoms with Crippen LogP contribution in [0.5, 0.6) is 0 Å². The molecule has 0 heterocycles. The van der Waals surface area contributed by atoms with Gasteiger partial charge in [-0.2, -0.15) is 0 Å². The van der Waals surface area contributed by atoms with Crippen LogP contribution in [0, 0.1) is 5.92 Å². The quantitative estimate of drug-likeness (QED) is 0.765. The summed E-state index contributed by atoms with van der Waals surface area (Å²) < 4.78 is 0. The van der Waals surface area contributed by atoms with E-state index in [-0.39, 0.29) is 5.91 Å². The van der Waals surface area contributed by atoms with E-state index >= 15 is 0 Å². The van der Waals surface area contributed by atoms with E-state index in [1.807, 2.05) is 12.1 Å². The molecule has 0 aliphatic rings. The molecular formula is C22H29NO. The highest BCUT2D eigenvalue weighted by molar-refractivity contribution is 5.94. The molecule has 2 aromatic carbocycles. The van der Waals surface area contributed by atoms with E-state index in [4.69, 9.17) is 0 Å². The summed E-state index contributed by atoms with van der Waals surface area (Å²) in [6.45, 7) is 9.46. The van der Waals surface area contributed by atoms with E-state index in [0.29, 0.717) is 18.4 Å². The number of rotatable bonds is 7. The van der Waals surface area contributed by atoms with Crippen LogP contribution in [-0.2, 0) is 12.8 Å². The van der Waals surface area contributed by atoms with Crippen molar-refractivity contribution < 1.29 is 4.79 Å². The minimum atomic E-state index is 0.00453. The highest BCUT2D eigenvalue weighted by Crippen LogP contribution is 2.15. The highest BCUT2D eigenvalue weighted by Gasteiger charge is 2.06. The van der Waals surface area contributed by atoms with Gasteiger partial charge >= 0.3 is 0 Å². The standard InChI is InChI=1S/C22H29NO/c1-16(2)15-19-7-11-21(12-8-19)22(24)23-14-13-18-5-9-20(10-6-18)17(3)4/h5-12,16-17H,13-15H2,1-4H3,(H,23,24). The van der Waals surface area contributed by atoms with Crippen LogP contribution in [0.25, 0.3) is 0 Å². The van der Waals surface area contributed by atoms with Crippen molar-refractivity contribution in [3.8, 4) is 0 Å². The Labute approximate surface area is 146 Å². The first-order valence-electron chi connectivity index (χ1n) is 8.91. The van der Waals surface area contributed by atoms with Crippen molar-refractivity contribution in [3.63, 3.8) is 0 Å². The smallest absolute Gasteiger partial charge is 0.251 e. The second kappa shape index (κ2) is 8.68. The molecule has 1 amide bonds. The third kappa shape index (κ3) is 5.52. The van der Waals surface area contributed by atoms with Gasteiger partial charge in [-0.3, -0.25) is 4.79 Å². The fraction of sp³-hybridized carbons (Fsp3) is 0.409. The number of hydrogen-bond donors (Lipinski definition) is 1. The Kier molecular flexibility index (Phi) is 6.60. The SMILES string of the molecule is CC(C)Cc1ccc(C(=O)NCCc2ccc(C(C)C)cc2)cc1. The summed E-state index contributed by atoms with van der Waals surface area (Å²) in [6.07, 6.45) is 1.91. The molecule has 1 N–H and O–H groups in total. The molecule has 0 aromatic heterocycles. The second-order valence-corrected chi connectivity index (χ2v) is 7.20. The topological polar surface area (TPSA) is 29.1 Å². The molecule has 0 radical (unpaired) electrons. The van der Waals surface area contributed by atoms with Crippen LogP contribution in [0.2, 0.25) is 0 Å². The summed E-state index contributed by atoms with van der Waals surface area (Å²) in [5, 5.41) is 3.01. The molecule has 0 saturated carbocycles. The van der Waals surface area contributed by atoms with Gasteiger partial charge in [-0.25, -0.2) is 0 Å². The first-order valence-corrected chi connectivity index (χ1v) is 8.91. The molecule has 0 spiro atoms. The monoisotopic (exact) mass is 323 g/mol. The molecule has 0 aliphatic heterocycles. The molecule has 0 bridgehead atoms. The van der Waals surface area contributed by atoms with Crippen molar-refractivity contribution in [1.82, 2.24) is 5.32 Å². The van der Waals surface area contributed by atoms with Crippen molar-refractivity contribution in [2.24, 2.45) is 5.92 Å². The molecule has 2 heteroatoms. The first-order chi connectivity index (χ1) is 11.5. The predicted molar refractivity (Wildman–Crippen MR) is 102 cm³/mol. The van der Waals surface area contributed by atoms with E-state index in [1.54, 1.807) is 0 Å². The highest BCUT2D eigenvalue weighted by atomic mass is 16.1. The molecule has 24 heavy (non-hydrogen) atoms. The van der Waals surface area contributed by atoms with Crippen molar-refractivity contribution in [2.75, 3.05) is 6.54 Å². The van der Waals surface area contributed by atoms with Crippen molar-refractivity contribution >= 4 is 5.91 Å². The third-order valence-corrected chi connectivity index (χ3v) is 4.21. The van der Waals surface area contributed by atoms with Gasteiger partial charge in [-0.1, -0.05) is 64.1 Å². The Balaban J connectivity index is 1.82. The van der Waals surface area contributed by atoms with Crippen LogP contribution in [0.1, 0.15) is 60.7 Å². The van der Waals surface area contributed by atoms with Gasteiger partial charge < -0.3 is 5.32 Å². The molecule has 0 atom stereocenters. The predicted octanol–water partition coefficient (Wildman–Crippen LogP) is 4.98. The average Bonchev–Trinajstić information content (AvgIpc) is 2.55. The molecular weight excluding hydrogens is 294 g/mol. The normalized spacial score (nSPS) is 11.1. The van der Waals surface area contributed by atoms with E-state index in [1.165, 1.54) is 16.7 Å². The second-order valence-electron chi connectivity index (χ2n) is 7.20. The first kappa shape index (κ1) is 18.3. The number of nitrogens with one attached hydrogen (secondary N) is 1. The van der Waals surface area contributed by atoms with Crippen molar-refractivity contribution in [1.29, 1.82) is 0 Å². The number of carbonyl (C=O) groups excluding carboxylic acids is 1. The van der Waals surface area contributed by atoms with Crippen LogP contribution in [0.15, 0.2) is 48.5 Å². The maximum absolute atomic E-state index is 12.2. The van der Waals surface area contributed by atoms with E-state index in [0.717, 1.165) is 18.4 Å². The molecule has 0 aliphatic carbocycles. The lowest BCUT2D eigenvalue weighted by atomic mass is 10.0. The molecule has 0 fully saturated rings. The van der Waals surface area contributed by atoms with Crippen molar-refractivity contribution in [3.05, 3.63) is 70.8 Å². The van der Waals surface area contributed by atoms with Gasteiger partial charge in [-0.05, 0) is 53.5 Å². The molecule has 0 saturated heterocycles. The van der Waals surface area contributed by atoms with Crippen LogP contribution in [0.3, 0.4) is 0 Å². The third-order valence-electron chi connectivity index (χ3n) is 4.21. The minimum Gasteiger partial charge on any atom is -0.352 e. The van der Waals surface area contributed by atoms with Gasteiger partial charge in [0.2, 0.25) is 0 Å². The van der Waals surface area contributed by atoms with Gasteiger partial charge in [0, 0.05) is 12.1 Å². The van der Waals surface area contributed by atoms with Gasteiger partial charge in [0.05, 0.1) is 0 Å². The minimum absolute atomic E-state index is 0.00453. The summed E-state index contributed by atoms with van der Waals surface area (Å²) in [7, 11) is 0. The Hall–Kier alpha value is -2.09. The molecule has 2 aromatic rings. The Bertz CT molecular complexity index is 639. The van der Waals surface area contributed by atoms with Crippen molar-refractivity contribution in [2.45, 2.75) is 46.5 Å². The summed E-state index contributed by atoms with van der Waals surface area (Å²) >= 11 is 0. The van der Waals surface area contributed by atoms with Crippen LogP contribution in [-0.4, -0.2) is 12.5 Å². The lowest BCUT2D eigenvalue weighted by Gasteiger charge is -2.09. The summed E-state index contributed by atoms with van der Waals surface area (Å²) in [5.74, 6) is 1.19. The molecule has 2 nitrogen and oxygen atoms in total. The van der Waals surface area contributed by atoms with E-state index in [9.17, 15) is 4.79 Å². The lowest BCUT2D eigenvalue weighted by Crippen LogP contribution is -2.25. The molecule has 2 rings (SSSR count). The van der Waals surface area contributed by atoms with E-state index < -0.39 is 0 Å². The lowest BCUT2D eigenvalue weighted by molar-refractivity contribution is 0.0954. The van der Waals surface area contributed by atoms with Crippen LogP contribution in [0.4, 0.5) is 0 Å².